The van der Waals surface area contributed by atoms with Crippen LogP contribution < -0.4 is 10.2 Å². The smallest absolute Gasteiger partial charge is 0.275 e. The molecule has 7 heteroatoms. The molecule has 0 radical (unpaired) electrons. The lowest BCUT2D eigenvalue weighted by Gasteiger charge is -2.07. The Labute approximate surface area is 148 Å². The van der Waals surface area contributed by atoms with Gasteiger partial charge in [-0.05, 0) is 29.0 Å². The van der Waals surface area contributed by atoms with E-state index >= 15 is 0 Å². The van der Waals surface area contributed by atoms with E-state index in [0.717, 1.165) is 16.8 Å². The van der Waals surface area contributed by atoms with Crippen molar-refractivity contribution in [2.24, 2.45) is 5.10 Å². The molecule has 3 rings (SSSR count). The molecule has 0 saturated heterocycles. The minimum atomic E-state index is -0.602. The van der Waals surface area contributed by atoms with Crippen molar-refractivity contribution in [3.63, 3.8) is 0 Å². The summed E-state index contributed by atoms with van der Waals surface area (Å²) in [5.74, 6) is -1.05. The van der Waals surface area contributed by atoms with Gasteiger partial charge >= 0.3 is 0 Å². The van der Waals surface area contributed by atoms with Crippen LogP contribution in [0.2, 0.25) is 0 Å². The number of carbonyl (C=O) groups excluding carboxylic acids is 1. The molecular formula is C19H16N2O5. The van der Waals surface area contributed by atoms with Gasteiger partial charge in [0.05, 0.1) is 18.9 Å². The number of nitrogens with zero attached hydrogens (tertiary/aromatic N) is 1. The molecule has 0 aliphatic carbocycles. The van der Waals surface area contributed by atoms with Crippen LogP contribution >= 0.6 is 0 Å². The summed E-state index contributed by atoms with van der Waals surface area (Å²) in [6, 6.07) is 12.9. The van der Waals surface area contributed by atoms with Crippen LogP contribution in [0.25, 0.3) is 10.8 Å². The number of hydrogen-bond donors (Lipinski definition) is 4. The van der Waals surface area contributed by atoms with E-state index < -0.39 is 5.91 Å². The maximum Gasteiger partial charge on any atom is 0.275 e. The van der Waals surface area contributed by atoms with Crippen molar-refractivity contribution in [3.8, 4) is 23.0 Å². The number of nitrogens with one attached hydrogen (secondary N) is 1. The Hall–Kier alpha value is -3.74. The highest BCUT2D eigenvalue weighted by Gasteiger charge is 2.12. The molecule has 0 atom stereocenters. The van der Waals surface area contributed by atoms with Gasteiger partial charge in [-0.2, -0.15) is 5.10 Å². The third-order valence-corrected chi connectivity index (χ3v) is 3.81. The maximum absolute atomic E-state index is 12.2. The molecule has 1 amide bonds. The van der Waals surface area contributed by atoms with Gasteiger partial charge < -0.3 is 20.1 Å². The Bertz CT molecular complexity index is 1010. The molecule has 7 nitrogen and oxygen atoms in total. The van der Waals surface area contributed by atoms with Crippen LogP contribution in [0.4, 0.5) is 0 Å². The zero-order valence-electron chi connectivity index (χ0n) is 13.8. The topological polar surface area (TPSA) is 111 Å². The number of fused-ring (bicyclic) bond motifs is 1. The van der Waals surface area contributed by atoms with Crippen LogP contribution in [0.5, 0.6) is 23.0 Å². The fourth-order valence-corrected chi connectivity index (χ4v) is 2.47. The van der Waals surface area contributed by atoms with Gasteiger partial charge in [-0.3, -0.25) is 4.79 Å². The highest BCUT2D eigenvalue weighted by Crippen LogP contribution is 2.32. The summed E-state index contributed by atoms with van der Waals surface area (Å²) in [6.45, 7) is 0. The molecule has 26 heavy (non-hydrogen) atoms. The van der Waals surface area contributed by atoms with Crippen molar-refractivity contribution >= 4 is 22.9 Å². The number of aromatic hydroxyl groups is 3. The van der Waals surface area contributed by atoms with Gasteiger partial charge in [-0.1, -0.05) is 24.3 Å². The summed E-state index contributed by atoms with van der Waals surface area (Å²) in [5.41, 5.74) is 2.60. The first-order valence-corrected chi connectivity index (χ1v) is 7.64. The minimum Gasteiger partial charge on any atom is -0.507 e. The molecule has 0 unspecified atom stereocenters. The fourth-order valence-electron chi connectivity index (χ4n) is 2.47. The van der Waals surface area contributed by atoms with Crippen LogP contribution in [0.15, 0.2) is 53.6 Å². The van der Waals surface area contributed by atoms with E-state index in [1.54, 1.807) is 6.07 Å². The average Bonchev–Trinajstić information content (AvgIpc) is 2.62. The third-order valence-electron chi connectivity index (χ3n) is 3.81. The van der Waals surface area contributed by atoms with Gasteiger partial charge in [-0.25, -0.2) is 5.43 Å². The van der Waals surface area contributed by atoms with Gasteiger partial charge in [0, 0.05) is 11.6 Å². The van der Waals surface area contributed by atoms with Crippen molar-refractivity contribution < 1.29 is 24.9 Å². The van der Waals surface area contributed by atoms with Crippen molar-refractivity contribution in [1.82, 2.24) is 5.43 Å². The first-order chi connectivity index (χ1) is 12.5. The second-order valence-electron chi connectivity index (χ2n) is 5.50. The lowest BCUT2D eigenvalue weighted by atomic mass is 10.1. The Morgan fingerprint density at radius 3 is 2.38 bits per heavy atom. The van der Waals surface area contributed by atoms with E-state index in [1.165, 1.54) is 25.5 Å². The first-order valence-electron chi connectivity index (χ1n) is 7.64. The normalized spacial score (nSPS) is 11.0. The van der Waals surface area contributed by atoms with Crippen LogP contribution in [0, 0.1) is 0 Å². The van der Waals surface area contributed by atoms with Crippen LogP contribution in [0.3, 0.4) is 0 Å². The molecule has 0 bridgehead atoms. The SMILES string of the molecule is COc1cc(C=NNC(=O)c2cc3ccccc3cc2O)c(O)cc1O. The summed E-state index contributed by atoms with van der Waals surface area (Å²) in [5, 5.41) is 34.8. The van der Waals surface area contributed by atoms with Gasteiger partial charge in [0.15, 0.2) is 11.5 Å². The van der Waals surface area contributed by atoms with E-state index in [4.69, 9.17) is 4.74 Å². The molecular weight excluding hydrogens is 336 g/mol. The van der Waals surface area contributed by atoms with E-state index in [-0.39, 0.29) is 34.1 Å². The highest BCUT2D eigenvalue weighted by atomic mass is 16.5. The molecule has 0 aliphatic rings. The molecule has 0 fully saturated rings. The average molecular weight is 352 g/mol. The number of methoxy groups -OCH3 is 1. The Morgan fingerprint density at radius 2 is 1.69 bits per heavy atom. The monoisotopic (exact) mass is 352 g/mol. The summed E-state index contributed by atoms with van der Waals surface area (Å²) in [4.78, 5) is 12.2. The molecule has 3 aromatic rings. The van der Waals surface area contributed by atoms with Crippen molar-refractivity contribution in [1.29, 1.82) is 0 Å². The lowest BCUT2D eigenvalue weighted by molar-refractivity contribution is 0.0952. The van der Waals surface area contributed by atoms with E-state index in [0.29, 0.717) is 0 Å². The van der Waals surface area contributed by atoms with Crippen LogP contribution in [0.1, 0.15) is 15.9 Å². The molecule has 0 aliphatic heterocycles. The van der Waals surface area contributed by atoms with Crippen LogP contribution in [-0.4, -0.2) is 34.6 Å². The lowest BCUT2D eigenvalue weighted by Crippen LogP contribution is -2.17. The number of carbonyl (C=O) groups is 1. The number of rotatable bonds is 4. The number of hydrogen-bond acceptors (Lipinski definition) is 6. The van der Waals surface area contributed by atoms with Crippen molar-refractivity contribution in [3.05, 3.63) is 59.7 Å². The van der Waals surface area contributed by atoms with Crippen LogP contribution in [-0.2, 0) is 0 Å². The van der Waals surface area contributed by atoms with Crippen molar-refractivity contribution in [2.75, 3.05) is 7.11 Å². The Morgan fingerprint density at radius 1 is 1.00 bits per heavy atom. The number of ether oxygens (including phenoxy) is 1. The van der Waals surface area contributed by atoms with Gasteiger partial charge in [0.2, 0.25) is 0 Å². The first kappa shape index (κ1) is 17.1. The second-order valence-corrected chi connectivity index (χ2v) is 5.50. The van der Waals surface area contributed by atoms with Gasteiger partial charge in [0.1, 0.15) is 11.5 Å². The molecule has 0 aromatic heterocycles. The fraction of sp³-hybridized carbons (Fsp3) is 0.0526. The molecule has 4 N–H and O–H groups in total. The second kappa shape index (κ2) is 7.02. The van der Waals surface area contributed by atoms with E-state index in [9.17, 15) is 20.1 Å². The predicted molar refractivity (Wildman–Crippen MR) is 97.0 cm³/mol. The Balaban J connectivity index is 1.81. The summed E-state index contributed by atoms with van der Waals surface area (Å²) in [6.07, 6.45) is 1.20. The largest absolute Gasteiger partial charge is 0.507 e. The quantitative estimate of drug-likeness (QED) is 0.426. The number of phenols is 3. The predicted octanol–water partition coefficient (Wildman–Crippen LogP) is 2.73. The third kappa shape index (κ3) is 3.36. The molecule has 3 aromatic carbocycles. The van der Waals surface area contributed by atoms with E-state index in [2.05, 4.69) is 10.5 Å². The maximum atomic E-state index is 12.2. The summed E-state index contributed by atoms with van der Waals surface area (Å²) >= 11 is 0. The van der Waals surface area contributed by atoms with E-state index in [1.807, 2.05) is 24.3 Å². The molecule has 0 spiro atoms. The standard InChI is InChI=1S/C19H16N2O5/c1-26-18-8-13(15(22)9-17(18)24)10-20-21-19(25)14-6-11-4-2-3-5-12(11)7-16(14)23/h2-10,22-24H,1H3,(H,21,25). The van der Waals surface area contributed by atoms with Crippen molar-refractivity contribution in [2.45, 2.75) is 0 Å². The molecule has 0 heterocycles. The molecule has 0 saturated carbocycles. The highest BCUT2D eigenvalue weighted by molar-refractivity contribution is 6.01. The zero-order valence-corrected chi connectivity index (χ0v) is 13.8. The Kier molecular flexibility index (Phi) is 4.62. The van der Waals surface area contributed by atoms with Gasteiger partial charge in [-0.15, -0.1) is 0 Å². The summed E-state index contributed by atoms with van der Waals surface area (Å²) < 4.78 is 4.95. The molecule has 132 valence electrons. The number of phenolic OH excluding ortho intramolecular Hbond substituents is 3. The zero-order chi connectivity index (χ0) is 18.7. The minimum absolute atomic E-state index is 0.0772. The number of amides is 1. The van der Waals surface area contributed by atoms with Gasteiger partial charge in [0.25, 0.3) is 5.91 Å². The number of hydrazone groups is 1. The summed E-state index contributed by atoms with van der Waals surface area (Å²) in [7, 11) is 1.37. The number of benzene rings is 3.